The normalized spacial score (nSPS) is 10.7. The van der Waals surface area contributed by atoms with Crippen LogP contribution in [0.1, 0.15) is 15.2 Å². The first-order valence-electron chi connectivity index (χ1n) is 5.18. The lowest BCUT2D eigenvalue weighted by molar-refractivity contribution is -0.385. The molecule has 1 aromatic heterocycles. The minimum Gasteiger partial charge on any atom is -0.288 e. The highest BCUT2D eigenvalue weighted by Crippen LogP contribution is 2.19. The second-order valence-electron chi connectivity index (χ2n) is 3.49. The van der Waals surface area contributed by atoms with Crippen LogP contribution >= 0.6 is 11.3 Å². The fraction of sp³-hybridized carbons (Fsp3) is 0. The van der Waals surface area contributed by atoms with E-state index in [1.807, 2.05) is 5.38 Å². The van der Waals surface area contributed by atoms with Gasteiger partial charge in [-0.25, -0.2) is 0 Å². The van der Waals surface area contributed by atoms with Gasteiger partial charge in [0.1, 0.15) is 0 Å². The van der Waals surface area contributed by atoms with Gasteiger partial charge < -0.3 is 0 Å². The molecule has 4 nitrogen and oxygen atoms in total. The molecule has 0 N–H and O–H groups in total. The first-order valence-corrected chi connectivity index (χ1v) is 6.06. The number of rotatable bonds is 4. The number of hydrogen-bond donors (Lipinski definition) is 0. The molecule has 0 aliphatic carbocycles. The van der Waals surface area contributed by atoms with Gasteiger partial charge in [0.2, 0.25) is 0 Å². The van der Waals surface area contributed by atoms with E-state index in [9.17, 15) is 14.9 Å². The van der Waals surface area contributed by atoms with Crippen LogP contribution in [0.25, 0.3) is 6.08 Å². The third kappa shape index (κ3) is 2.70. The number of thiophene rings is 1. The van der Waals surface area contributed by atoms with E-state index in [1.165, 1.54) is 29.6 Å². The number of hydrogen-bond acceptors (Lipinski definition) is 4. The monoisotopic (exact) mass is 259 g/mol. The van der Waals surface area contributed by atoms with Gasteiger partial charge in [-0.1, -0.05) is 18.2 Å². The Morgan fingerprint density at radius 2 is 2.00 bits per heavy atom. The maximum absolute atomic E-state index is 11.7. The number of allylic oxidation sites excluding steroid dienone is 1. The van der Waals surface area contributed by atoms with Crippen molar-refractivity contribution in [3.8, 4) is 0 Å². The minimum atomic E-state index is -0.463. The van der Waals surface area contributed by atoms with Gasteiger partial charge >= 0.3 is 0 Å². The molecular formula is C13H9NO3S. The summed E-state index contributed by atoms with van der Waals surface area (Å²) < 4.78 is 0. The molecule has 0 saturated heterocycles. The zero-order valence-electron chi connectivity index (χ0n) is 9.28. The number of para-hydroxylation sites is 1. The summed E-state index contributed by atoms with van der Waals surface area (Å²) in [5.74, 6) is -0.150. The highest BCUT2D eigenvalue weighted by molar-refractivity contribution is 7.12. The van der Waals surface area contributed by atoms with Crippen LogP contribution in [0.3, 0.4) is 0 Å². The highest BCUT2D eigenvalue weighted by Gasteiger charge is 2.10. The first-order chi connectivity index (χ1) is 8.68. The number of carbonyl (C=O) groups is 1. The van der Waals surface area contributed by atoms with Crippen LogP contribution < -0.4 is 0 Å². The van der Waals surface area contributed by atoms with E-state index in [-0.39, 0.29) is 11.5 Å². The van der Waals surface area contributed by atoms with Crippen LogP contribution in [0.4, 0.5) is 5.69 Å². The van der Waals surface area contributed by atoms with Crippen molar-refractivity contribution in [2.24, 2.45) is 0 Å². The Bertz CT molecular complexity index is 602. The molecule has 1 heterocycles. The van der Waals surface area contributed by atoms with E-state index in [0.717, 1.165) is 0 Å². The van der Waals surface area contributed by atoms with Crippen LogP contribution in [0.2, 0.25) is 0 Å². The van der Waals surface area contributed by atoms with Gasteiger partial charge in [-0.3, -0.25) is 14.9 Å². The number of ketones is 1. The van der Waals surface area contributed by atoms with E-state index >= 15 is 0 Å². The van der Waals surface area contributed by atoms with E-state index < -0.39 is 4.92 Å². The van der Waals surface area contributed by atoms with E-state index in [4.69, 9.17) is 0 Å². The molecule has 90 valence electrons. The molecule has 0 radical (unpaired) electrons. The third-order valence-corrected chi connectivity index (χ3v) is 3.20. The second kappa shape index (κ2) is 5.37. The van der Waals surface area contributed by atoms with Crippen LogP contribution in [0.5, 0.6) is 0 Å². The van der Waals surface area contributed by atoms with Crippen molar-refractivity contribution in [1.29, 1.82) is 0 Å². The summed E-state index contributed by atoms with van der Waals surface area (Å²) in [5.41, 5.74) is 0.417. The Hall–Kier alpha value is -2.27. The molecule has 2 aromatic rings. The molecule has 0 amide bonds. The summed E-state index contributed by atoms with van der Waals surface area (Å²) in [5, 5.41) is 12.6. The van der Waals surface area contributed by atoms with Crippen LogP contribution in [-0.4, -0.2) is 10.7 Å². The van der Waals surface area contributed by atoms with E-state index in [0.29, 0.717) is 10.4 Å². The molecule has 1 aromatic carbocycles. The summed E-state index contributed by atoms with van der Waals surface area (Å²) in [6.45, 7) is 0. The molecule has 5 heteroatoms. The number of carbonyl (C=O) groups excluding carboxylic acids is 1. The van der Waals surface area contributed by atoms with Gasteiger partial charge in [0.05, 0.1) is 15.4 Å². The number of nitro groups is 1. The zero-order chi connectivity index (χ0) is 13.0. The number of nitro benzene ring substituents is 1. The molecule has 0 spiro atoms. The second-order valence-corrected chi connectivity index (χ2v) is 4.44. The summed E-state index contributed by atoms with van der Waals surface area (Å²) in [4.78, 5) is 22.7. The number of nitrogens with zero attached hydrogens (tertiary/aromatic N) is 1. The lowest BCUT2D eigenvalue weighted by atomic mass is 10.1. The van der Waals surface area contributed by atoms with Crippen molar-refractivity contribution in [3.05, 3.63) is 68.4 Å². The predicted octanol–water partition coefficient (Wildman–Crippen LogP) is 3.55. The van der Waals surface area contributed by atoms with Crippen LogP contribution in [-0.2, 0) is 0 Å². The van der Waals surface area contributed by atoms with Crippen LogP contribution in [0.15, 0.2) is 47.9 Å². The Balaban J connectivity index is 2.24. The van der Waals surface area contributed by atoms with Gasteiger partial charge in [0, 0.05) is 6.07 Å². The van der Waals surface area contributed by atoms with Gasteiger partial charge in [0.15, 0.2) is 5.78 Å². The molecule has 0 bridgehead atoms. The van der Waals surface area contributed by atoms with Crippen LogP contribution in [0, 0.1) is 10.1 Å². The van der Waals surface area contributed by atoms with Gasteiger partial charge in [-0.15, -0.1) is 11.3 Å². The molecule has 0 unspecified atom stereocenters. The minimum absolute atomic E-state index is 0.00673. The SMILES string of the molecule is O=C(C=Cc1ccccc1[N+](=O)[O-])c1cccs1. The molecular weight excluding hydrogens is 250 g/mol. The van der Waals surface area contributed by atoms with E-state index in [2.05, 4.69) is 0 Å². The van der Waals surface area contributed by atoms with E-state index in [1.54, 1.807) is 30.3 Å². The molecule has 0 saturated carbocycles. The summed E-state index contributed by atoms with van der Waals surface area (Å²) in [6.07, 6.45) is 2.83. The molecule has 18 heavy (non-hydrogen) atoms. The first kappa shape index (κ1) is 12.2. The lowest BCUT2D eigenvalue weighted by Crippen LogP contribution is -1.92. The average molecular weight is 259 g/mol. The van der Waals surface area contributed by atoms with Gasteiger partial charge in [0.25, 0.3) is 5.69 Å². The molecule has 2 rings (SSSR count). The summed E-state index contributed by atoms with van der Waals surface area (Å²) >= 11 is 1.34. The van der Waals surface area contributed by atoms with Crippen molar-refractivity contribution in [3.63, 3.8) is 0 Å². The van der Waals surface area contributed by atoms with Crippen molar-refractivity contribution < 1.29 is 9.72 Å². The quantitative estimate of drug-likeness (QED) is 0.365. The van der Waals surface area contributed by atoms with Crippen molar-refractivity contribution in [2.45, 2.75) is 0 Å². The van der Waals surface area contributed by atoms with Gasteiger partial charge in [-0.2, -0.15) is 0 Å². The van der Waals surface area contributed by atoms with Crippen molar-refractivity contribution >= 4 is 28.9 Å². The Labute approximate surface area is 107 Å². The predicted molar refractivity (Wildman–Crippen MR) is 70.8 cm³/mol. The summed E-state index contributed by atoms with van der Waals surface area (Å²) in [6, 6.07) is 9.82. The topological polar surface area (TPSA) is 60.2 Å². The Morgan fingerprint density at radius 1 is 1.22 bits per heavy atom. The van der Waals surface area contributed by atoms with Crippen molar-refractivity contribution in [1.82, 2.24) is 0 Å². The van der Waals surface area contributed by atoms with Gasteiger partial charge in [-0.05, 0) is 29.7 Å². The fourth-order valence-electron chi connectivity index (χ4n) is 1.46. The average Bonchev–Trinajstić information content (AvgIpc) is 2.90. The Kier molecular flexibility index (Phi) is 3.64. The largest absolute Gasteiger partial charge is 0.288 e. The highest BCUT2D eigenvalue weighted by atomic mass is 32.1. The maximum Gasteiger partial charge on any atom is 0.276 e. The molecule has 0 aliphatic heterocycles. The molecule has 0 atom stereocenters. The molecule has 0 fully saturated rings. The molecule has 0 aliphatic rings. The maximum atomic E-state index is 11.7. The fourth-order valence-corrected chi connectivity index (χ4v) is 2.11. The number of benzene rings is 1. The zero-order valence-corrected chi connectivity index (χ0v) is 10.1. The third-order valence-electron chi connectivity index (χ3n) is 2.31. The standard InChI is InChI=1S/C13H9NO3S/c15-12(13-6-3-9-18-13)8-7-10-4-1-2-5-11(10)14(16)17/h1-9H. The van der Waals surface area contributed by atoms with Crippen molar-refractivity contribution in [2.75, 3.05) is 0 Å². The summed E-state index contributed by atoms with van der Waals surface area (Å²) in [7, 11) is 0. The Morgan fingerprint density at radius 3 is 2.67 bits per heavy atom. The lowest BCUT2D eigenvalue weighted by Gasteiger charge is -1.95. The smallest absolute Gasteiger partial charge is 0.276 e.